The molecule has 168 valence electrons. The van der Waals surface area contributed by atoms with Gasteiger partial charge >= 0.3 is 0 Å². The van der Waals surface area contributed by atoms with Gasteiger partial charge in [0.05, 0.1) is 5.69 Å². The van der Waals surface area contributed by atoms with Crippen molar-refractivity contribution in [3.05, 3.63) is 40.6 Å². The zero-order valence-electron chi connectivity index (χ0n) is 19.2. The Morgan fingerprint density at radius 1 is 1.06 bits per heavy atom. The summed E-state index contributed by atoms with van der Waals surface area (Å²) >= 11 is 0. The van der Waals surface area contributed by atoms with Gasteiger partial charge in [0, 0.05) is 32.2 Å². The first-order valence-corrected chi connectivity index (χ1v) is 11.8. The molecular formula is C25H37N5O. The Balaban J connectivity index is 1.26. The molecule has 0 radical (unpaired) electrons. The molecule has 6 nitrogen and oxygen atoms in total. The summed E-state index contributed by atoms with van der Waals surface area (Å²) in [6.45, 7) is 3.85. The third kappa shape index (κ3) is 5.48. The molecule has 1 fully saturated rings. The molecule has 1 aromatic heterocycles. The van der Waals surface area contributed by atoms with Crippen LogP contribution in [0.5, 0.6) is 5.75 Å². The molecule has 6 heteroatoms. The van der Waals surface area contributed by atoms with Crippen LogP contribution in [-0.4, -0.2) is 41.8 Å². The maximum absolute atomic E-state index is 9.67. The van der Waals surface area contributed by atoms with E-state index in [-0.39, 0.29) is 0 Å². The van der Waals surface area contributed by atoms with Crippen molar-refractivity contribution < 1.29 is 5.11 Å². The fourth-order valence-electron chi connectivity index (χ4n) is 4.95. The minimum atomic E-state index is 0.371. The van der Waals surface area contributed by atoms with Gasteiger partial charge in [0.2, 0.25) is 5.95 Å². The molecule has 2 aliphatic rings. The number of aromatic hydroxyl groups is 1. The Morgan fingerprint density at radius 3 is 2.58 bits per heavy atom. The number of nitrogens with zero attached hydrogens (tertiary/aromatic N) is 3. The third-order valence-electron chi connectivity index (χ3n) is 6.79. The summed E-state index contributed by atoms with van der Waals surface area (Å²) in [5, 5.41) is 16.9. The Hall–Kier alpha value is -2.34. The molecule has 2 aliphatic carbocycles. The molecule has 3 N–H and O–H groups in total. The first-order valence-electron chi connectivity index (χ1n) is 11.8. The number of benzene rings is 1. The summed E-state index contributed by atoms with van der Waals surface area (Å²) in [6.07, 6.45) is 9.45. The standard InChI is InChI=1S/C25H37N5O/c1-17-14-19(10-13-23(17)31)16-26-15-18-8-11-20(12-9-18)27-25-28-22-7-5-4-6-21(22)24(29-25)30(2)3/h10,13-14,18,20,26,31H,4-9,11-12,15-16H2,1-3H3,(H,27,28,29)/t18-,20+. The Bertz CT molecular complexity index is 890. The summed E-state index contributed by atoms with van der Waals surface area (Å²) in [6, 6.07) is 6.31. The van der Waals surface area contributed by atoms with E-state index in [2.05, 4.69) is 35.7 Å². The van der Waals surface area contributed by atoms with E-state index in [0.717, 1.165) is 49.2 Å². The van der Waals surface area contributed by atoms with Crippen LogP contribution in [0, 0.1) is 12.8 Å². The molecule has 0 bridgehead atoms. The number of aromatic nitrogens is 2. The molecule has 1 aromatic carbocycles. The molecule has 0 atom stereocenters. The zero-order chi connectivity index (χ0) is 21.8. The van der Waals surface area contributed by atoms with Crippen LogP contribution in [0.2, 0.25) is 0 Å². The predicted octanol–water partition coefficient (Wildman–Crippen LogP) is 4.20. The van der Waals surface area contributed by atoms with Gasteiger partial charge in [-0.3, -0.25) is 0 Å². The lowest BCUT2D eigenvalue weighted by molar-refractivity contribution is 0.323. The number of aryl methyl sites for hydroxylation is 2. The third-order valence-corrected chi connectivity index (χ3v) is 6.79. The highest BCUT2D eigenvalue weighted by Crippen LogP contribution is 2.30. The molecule has 0 unspecified atom stereocenters. The van der Waals surface area contributed by atoms with Crippen molar-refractivity contribution in [3.8, 4) is 5.75 Å². The lowest BCUT2D eigenvalue weighted by Crippen LogP contribution is -2.32. The van der Waals surface area contributed by atoms with Crippen molar-refractivity contribution in [1.29, 1.82) is 0 Å². The molecular weight excluding hydrogens is 386 g/mol. The lowest BCUT2D eigenvalue weighted by atomic mass is 9.86. The van der Waals surface area contributed by atoms with Crippen LogP contribution in [0.25, 0.3) is 0 Å². The number of phenolic OH excluding ortho intramolecular Hbond substituents is 1. The summed E-state index contributed by atoms with van der Waals surface area (Å²) < 4.78 is 0. The molecule has 4 rings (SSSR count). The van der Waals surface area contributed by atoms with E-state index in [4.69, 9.17) is 9.97 Å². The van der Waals surface area contributed by atoms with Gasteiger partial charge in [-0.15, -0.1) is 0 Å². The van der Waals surface area contributed by atoms with Crippen LogP contribution in [0.1, 0.15) is 60.9 Å². The lowest BCUT2D eigenvalue weighted by Gasteiger charge is -2.30. The molecule has 2 aromatic rings. The number of fused-ring (bicyclic) bond motifs is 1. The van der Waals surface area contributed by atoms with E-state index >= 15 is 0 Å². The van der Waals surface area contributed by atoms with E-state index in [1.165, 1.54) is 55.3 Å². The van der Waals surface area contributed by atoms with Gasteiger partial charge in [-0.1, -0.05) is 12.1 Å². The first kappa shape index (κ1) is 21.9. The van der Waals surface area contributed by atoms with E-state index in [9.17, 15) is 5.11 Å². The Morgan fingerprint density at radius 2 is 1.84 bits per heavy atom. The Labute approximate surface area is 186 Å². The largest absolute Gasteiger partial charge is 0.508 e. The van der Waals surface area contributed by atoms with E-state index < -0.39 is 0 Å². The van der Waals surface area contributed by atoms with Gasteiger partial charge in [-0.25, -0.2) is 4.98 Å². The number of nitrogens with one attached hydrogen (secondary N) is 2. The Kier molecular flexibility index (Phi) is 6.96. The minimum absolute atomic E-state index is 0.371. The summed E-state index contributed by atoms with van der Waals surface area (Å²) in [4.78, 5) is 11.9. The summed E-state index contributed by atoms with van der Waals surface area (Å²) in [5.74, 6) is 3.00. The van der Waals surface area contributed by atoms with Crippen molar-refractivity contribution in [3.63, 3.8) is 0 Å². The number of hydrogen-bond acceptors (Lipinski definition) is 6. The van der Waals surface area contributed by atoms with Crippen molar-refractivity contribution >= 4 is 11.8 Å². The maximum atomic E-state index is 9.67. The zero-order valence-corrected chi connectivity index (χ0v) is 19.2. The van der Waals surface area contributed by atoms with Gasteiger partial charge < -0.3 is 20.6 Å². The highest BCUT2D eigenvalue weighted by atomic mass is 16.3. The minimum Gasteiger partial charge on any atom is -0.508 e. The van der Waals surface area contributed by atoms with Crippen LogP contribution in [0.4, 0.5) is 11.8 Å². The van der Waals surface area contributed by atoms with Gasteiger partial charge in [-0.2, -0.15) is 4.98 Å². The fourth-order valence-corrected chi connectivity index (χ4v) is 4.95. The monoisotopic (exact) mass is 423 g/mol. The van der Waals surface area contributed by atoms with Crippen molar-refractivity contribution in [1.82, 2.24) is 15.3 Å². The number of hydrogen-bond donors (Lipinski definition) is 3. The van der Waals surface area contributed by atoms with Crippen molar-refractivity contribution in [2.75, 3.05) is 30.9 Å². The number of phenols is 1. The highest BCUT2D eigenvalue weighted by molar-refractivity contribution is 5.52. The number of anilines is 2. The smallest absolute Gasteiger partial charge is 0.225 e. The first-order chi connectivity index (χ1) is 15.0. The molecule has 0 aliphatic heterocycles. The quantitative estimate of drug-likeness (QED) is 0.620. The van der Waals surface area contributed by atoms with Crippen LogP contribution in [0.3, 0.4) is 0 Å². The van der Waals surface area contributed by atoms with Gasteiger partial charge in [0.1, 0.15) is 11.6 Å². The predicted molar refractivity (Wildman–Crippen MR) is 127 cm³/mol. The van der Waals surface area contributed by atoms with Gasteiger partial charge in [0.25, 0.3) is 0 Å². The molecule has 1 saturated carbocycles. The van der Waals surface area contributed by atoms with E-state index in [1.54, 1.807) is 6.07 Å². The molecule has 0 spiro atoms. The van der Waals surface area contributed by atoms with Crippen LogP contribution in [0.15, 0.2) is 18.2 Å². The van der Waals surface area contributed by atoms with Gasteiger partial charge in [0.15, 0.2) is 0 Å². The molecule has 0 saturated heterocycles. The van der Waals surface area contributed by atoms with E-state index in [0.29, 0.717) is 11.8 Å². The second-order valence-electron chi connectivity index (χ2n) is 9.51. The molecule has 1 heterocycles. The van der Waals surface area contributed by atoms with Crippen LogP contribution in [-0.2, 0) is 19.4 Å². The SMILES string of the molecule is Cc1cc(CNC[C@H]2CC[C@@H](Nc3nc4c(c(N(C)C)n3)CCCC4)CC2)ccc1O. The van der Waals surface area contributed by atoms with Crippen molar-refractivity contribution in [2.45, 2.75) is 70.9 Å². The van der Waals surface area contributed by atoms with Crippen molar-refractivity contribution in [2.24, 2.45) is 5.92 Å². The molecule has 31 heavy (non-hydrogen) atoms. The average Bonchev–Trinajstić information content (AvgIpc) is 2.77. The number of rotatable bonds is 7. The maximum Gasteiger partial charge on any atom is 0.225 e. The fraction of sp³-hybridized carbons (Fsp3) is 0.600. The summed E-state index contributed by atoms with van der Waals surface area (Å²) in [7, 11) is 4.16. The van der Waals surface area contributed by atoms with Crippen LogP contribution >= 0.6 is 0 Å². The molecule has 0 amide bonds. The van der Waals surface area contributed by atoms with E-state index in [1.807, 2.05) is 13.0 Å². The highest BCUT2D eigenvalue weighted by Gasteiger charge is 2.24. The topological polar surface area (TPSA) is 73.3 Å². The van der Waals surface area contributed by atoms with Crippen LogP contribution < -0.4 is 15.5 Å². The second kappa shape index (κ2) is 9.86. The summed E-state index contributed by atoms with van der Waals surface area (Å²) in [5.41, 5.74) is 4.76. The van der Waals surface area contributed by atoms with Gasteiger partial charge in [-0.05, 0) is 87.9 Å². The normalized spacial score (nSPS) is 20.9. The average molecular weight is 424 g/mol. The second-order valence-corrected chi connectivity index (χ2v) is 9.51.